The van der Waals surface area contributed by atoms with Gasteiger partial charge in [-0.15, -0.1) is 0 Å². The maximum Gasteiger partial charge on any atom is 0.254 e. The van der Waals surface area contributed by atoms with Gasteiger partial charge in [0.2, 0.25) is 0 Å². The number of likely N-dealkylation sites (N-methyl/N-ethyl adjacent to an activating group) is 1. The summed E-state index contributed by atoms with van der Waals surface area (Å²) in [5.74, 6) is 1.32. The molecule has 2 aromatic rings. The second-order valence-corrected chi connectivity index (χ2v) is 6.66. The Hall–Kier alpha value is -2.25. The average molecular weight is 343 g/mol. The lowest BCUT2D eigenvalue weighted by atomic mass is 10.1. The minimum absolute atomic E-state index is 0.114. The number of anilines is 1. The van der Waals surface area contributed by atoms with Crippen molar-refractivity contribution < 1.29 is 4.74 Å². The summed E-state index contributed by atoms with van der Waals surface area (Å²) in [5.41, 5.74) is 2.04. The van der Waals surface area contributed by atoms with Gasteiger partial charge < -0.3 is 19.9 Å². The number of rotatable bonds is 4. The Balaban J connectivity index is 1.71. The number of aryl methyl sites for hydroxylation is 1. The smallest absolute Gasteiger partial charge is 0.254 e. The fourth-order valence-corrected chi connectivity index (χ4v) is 2.84. The van der Waals surface area contributed by atoms with Crippen molar-refractivity contribution in [1.82, 2.24) is 19.9 Å². The molecule has 7 nitrogen and oxygen atoms in total. The van der Waals surface area contributed by atoms with Crippen molar-refractivity contribution in [3.63, 3.8) is 0 Å². The molecule has 2 unspecified atom stereocenters. The number of morpholine rings is 1. The quantitative estimate of drug-likeness (QED) is 0.877. The van der Waals surface area contributed by atoms with E-state index in [9.17, 15) is 4.79 Å². The molecule has 7 heteroatoms. The van der Waals surface area contributed by atoms with Crippen molar-refractivity contribution >= 4 is 5.82 Å². The molecule has 0 bridgehead atoms. The highest BCUT2D eigenvalue weighted by atomic mass is 16.5. The van der Waals surface area contributed by atoms with E-state index < -0.39 is 0 Å². The zero-order valence-electron chi connectivity index (χ0n) is 15.2. The number of pyridine rings is 1. The molecule has 0 amide bonds. The number of nitrogens with one attached hydrogen (secondary N) is 2. The second-order valence-electron chi connectivity index (χ2n) is 6.66. The van der Waals surface area contributed by atoms with E-state index in [1.54, 1.807) is 13.1 Å². The Bertz CT molecular complexity index is 787. The van der Waals surface area contributed by atoms with Crippen LogP contribution in [0.2, 0.25) is 0 Å². The SMILES string of the molecule is Cc1nc(-c2ccc(NC(C)C3CN(C)CCO3)nc2)[nH]c(=O)c1C. The van der Waals surface area contributed by atoms with E-state index in [2.05, 4.69) is 39.1 Å². The first-order valence-electron chi connectivity index (χ1n) is 8.54. The van der Waals surface area contributed by atoms with E-state index in [1.165, 1.54) is 0 Å². The highest BCUT2D eigenvalue weighted by Gasteiger charge is 2.23. The van der Waals surface area contributed by atoms with Gasteiger partial charge in [-0.3, -0.25) is 4.79 Å². The van der Waals surface area contributed by atoms with Gasteiger partial charge in [0, 0.05) is 36.1 Å². The first-order chi connectivity index (χ1) is 11.9. The molecule has 134 valence electrons. The summed E-state index contributed by atoms with van der Waals surface area (Å²) >= 11 is 0. The van der Waals surface area contributed by atoms with Crippen molar-refractivity contribution in [2.45, 2.75) is 32.9 Å². The van der Waals surface area contributed by atoms with Crippen LogP contribution >= 0.6 is 0 Å². The van der Waals surface area contributed by atoms with Gasteiger partial charge >= 0.3 is 0 Å². The Morgan fingerprint density at radius 1 is 1.40 bits per heavy atom. The van der Waals surface area contributed by atoms with E-state index in [-0.39, 0.29) is 17.7 Å². The fourth-order valence-electron chi connectivity index (χ4n) is 2.84. The first kappa shape index (κ1) is 17.6. The highest BCUT2D eigenvalue weighted by Crippen LogP contribution is 2.17. The fraction of sp³-hybridized carbons (Fsp3) is 0.500. The molecule has 1 saturated heterocycles. The number of H-pyrrole nitrogens is 1. The Morgan fingerprint density at radius 3 is 2.84 bits per heavy atom. The lowest BCUT2D eigenvalue weighted by Gasteiger charge is -2.34. The monoisotopic (exact) mass is 343 g/mol. The van der Waals surface area contributed by atoms with Crippen molar-refractivity contribution in [2.24, 2.45) is 0 Å². The second kappa shape index (κ2) is 7.33. The minimum atomic E-state index is -0.114. The number of hydrogen-bond donors (Lipinski definition) is 2. The van der Waals surface area contributed by atoms with Gasteiger partial charge in [-0.2, -0.15) is 0 Å². The Kier molecular flexibility index (Phi) is 5.15. The summed E-state index contributed by atoms with van der Waals surface area (Å²) in [6, 6.07) is 3.96. The lowest BCUT2D eigenvalue weighted by molar-refractivity contribution is -0.0259. The molecule has 0 aliphatic carbocycles. The van der Waals surface area contributed by atoms with Crippen LogP contribution in [0.5, 0.6) is 0 Å². The van der Waals surface area contributed by atoms with E-state index in [4.69, 9.17) is 4.74 Å². The molecule has 0 spiro atoms. The number of hydrogen-bond acceptors (Lipinski definition) is 6. The molecule has 3 heterocycles. The predicted octanol–water partition coefficient (Wildman–Crippen LogP) is 1.58. The lowest BCUT2D eigenvalue weighted by Crippen LogP contribution is -2.47. The first-order valence-corrected chi connectivity index (χ1v) is 8.54. The molecule has 0 aromatic carbocycles. The summed E-state index contributed by atoms with van der Waals surface area (Å²) in [4.78, 5) is 25.9. The molecule has 1 aliphatic rings. The average Bonchev–Trinajstić information content (AvgIpc) is 2.60. The van der Waals surface area contributed by atoms with Gasteiger partial charge in [0.25, 0.3) is 5.56 Å². The van der Waals surface area contributed by atoms with Gasteiger partial charge in [-0.1, -0.05) is 0 Å². The normalized spacial score (nSPS) is 19.6. The molecule has 2 aromatic heterocycles. The van der Waals surface area contributed by atoms with Gasteiger partial charge in [-0.25, -0.2) is 9.97 Å². The van der Waals surface area contributed by atoms with Crippen molar-refractivity contribution in [2.75, 3.05) is 32.1 Å². The van der Waals surface area contributed by atoms with Crippen LogP contribution < -0.4 is 10.9 Å². The highest BCUT2D eigenvalue weighted by molar-refractivity contribution is 5.56. The van der Waals surface area contributed by atoms with Crippen molar-refractivity contribution in [3.05, 3.63) is 39.9 Å². The van der Waals surface area contributed by atoms with E-state index in [0.717, 1.165) is 36.8 Å². The van der Waals surface area contributed by atoms with Crippen LogP contribution in [0.25, 0.3) is 11.4 Å². The van der Waals surface area contributed by atoms with Crippen LogP contribution in [0, 0.1) is 13.8 Å². The maximum absolute atomic E-state index is 11.9. The van der Waals surface area contributed by atoms with Gasteiger partial charge in [0.15, 0.2) is 0 Å². The maximum atomic E-state index is 11.9. The standard InChI is InChI=1S/C18H25N5O2/c1-11-12(2)21-17(22-18(11)24)14-5-6-16(19-9-14)20-13(3)15-10-23(4)7-8-25-15/h5-6,9,13,15H,7-8,10H2,1-4H3,(H,19,20)(H,21,22,24). The molecular formula is C18H25N5O2. The third kappa shape index (κ3) is 4.05. The van der Waals surface area contributed by atoms with Crippen LogP contribution in [-0.4, -0.2) is 58.7 Å². The topological polar surface area (TPSA) is 83.1 Å². The van der Waals surface area contributed by atoms with Crippen LogP contribution in [0.3, 0.4) is 0 Å². The molecule has 1 aliphatic heterocycles. The Morgan fingerprint density at radius 2 is 2.20 bits per heavy atom. The van der Waals surface area contributed by atoms with Crippen LogP contribution in [0.1, 0.15) is 18.2 Å². The molecule has 25 heavy (non-hydrogen) atoms. The summed E-state index contributed by atoms with van der Waals surface area (Å²) in [6.07, 6.45) is 1.86. The zero-order chi connectivity index (χ0) is 18.0. The van der Waals surface area contributed by atoms with Crippen molar-refractivity contribution in [3.8, 4) is 11.4 Å². The minimum Gasteiger partial charge on any atom is -0.373 e. The molecule has 0 radical (unpaired) electrons. The molecular weight excluding hydrogens is 318 g/mol. The zero-order valence-corrected chi connectivity index (χ0v) is 15.2. The van der Waals surface area contributed by atoms with Crippen LogP contribution in [0.15, 0.2) is 23.1 Å². The predicted molar refractivity (Wildman–Crippen MR) is 97.9 cm³/mol. The molecule has 3 rings (SSSR count). The van der Waals surface area contributed by atoms with E-state index in [1.807, 2.05) is 19.1 Å². The summed E-state index contributed by atoms with van der Waals surface area (Å²) in [5, 5.41) is 3.39. The van der Waals surface area contributed by atoms with Gasteiger partial charge in [0.05, 0.1) is 18.8 Å². The Labute approximate surface area is 147 Å². The summed E-state index contributed by atoms with van der Waals surface area (Å²) in [7, 11) is 2.10. The van der Waals surface area contributed by atoms with E-state index >= 15 is 0 Å². The molecule has 2 atom stereocenters. The van der Waals surface area contributed by atoms with Crippen molar-refractivity contribution in [1.29, 1.82) is 0 Å². The molecule has 1 fully saturated rings. The van der Waals surface area contributed by atoms with Gasteiger partial charge in [-0.05, 0) is 40.0 Å². The van der Waals surface area contributed by atoms with Crippen LogP contribution in [0.4, 0.5) is 5.82 Å². The largest absolute Gasteiger partial charge is 0.373 e. The third-order valence-electron chi connectivity index (χ3n) is 4.66. The number of nitrogens with zero attached hydrogens (tertiary/aromatic N) is 3. The molecule has 2 N–H and O–H groups in total. The van der Waals surface area contributed by atoms with E-state index in [0.29, 0.717) is 11.4 Å². The third-order valence-corrected chi connectivity index (χ3v) is 4.66. The number of ether oxygens (including phenoxy) is 1. The van der Waals surface area contributed by atoms with Crippen LogP contribution in [-0.2, 0) is 4.74 Å². The summed E-state index contributed by atoms with van der Waals surface area (Å²) < 4.78 is 5.83. The van der Waals surface area contributed by atoms with Gasteiger partial charge in [0.1, 0.15) is 11.6 Å². The number of aromatic nitrogens is 3. The number of aromatic amines is 1. The molecule has 0 saturated carbocycles. The summed E-state index contributed by atoms with van der Waals surface area (Å²) in [6.45, 7) is 8.33.